The van der Waals surface area contributed by atoms with Gasteiger partial charge in [-0.3, -0.25) is 0 Å². The Balaban J connectivity index is 1.39. The maximum absolute atomic E-state index is 11.9. The van der Waals surface area contributed by atoms with Crippen molar-refractivity contribution in [3.8, 4) is 17.2 Å². The smallest absolute Gasteiger partial charge is 0.319 e. The van der Waals surface area contributed by atoms with Crippen LogP contribution < -0.4 is 20.1 Å². The number of hydrogen-bond acceptors (Lipinski definition) is 3. The number of benzene rings is 3. The van der Waals surface area contributed by atoms with Gasteiger partial charge in [0.15, 0.2) is 0 Å². The van der Waals surface area contributed by atoms with E-state index in [1.54, 1.807) is 48.5 Å². The van der Waals surface area contributed by atoms with Gasteiger partial charge < -0.3 is 20.1 Å². The van der Waals surface area contributed by atoms with Crippen LogP contribution in [0, 0.1) is 0 Å². The molecule has 0 saturated carbocycles. The third kappa shape index (κ3) is 6.24. The van der Waals surface area contributed by atoms with Crippen LogP contribution in [0.25, 0.3) is 0 Å². The molecule has 0 fully saturated rings. The zero-order valence-corrected chi connectivity index (χ0v) is 15.3. The number of ether oxygens (including phenoxy) is 2. The van der Waals surface area contributed by atoms with Gasteiger partial charge in [0.1, 0.15) is 23.9 Å². The standard InChI is InChI=1S/C21H19ClN2O3/c22-16-6-10-18(11-7-16)26-15-14-23-21(25)24-17-8-12-20(13-9-17)27-19-4-2-1-3-5-19/h1-13H,14-15H2,(H2,23,24,25). The Labute approximate surface area is 162 Å². The largest absolute Gasteiger partial charge is 0.492 e. The molecule has 27 heavy (non-hydrogen) atoms. The lowest BCUT2D eigenvalue weighted by Gasteiger charge is -2.10. The summed E-state index contributed by atoms with van der Waals surface area (Å²) >= 11 is 5.81. The second-order valence-electron chi connectivity index (χ2n) is 5.62. The highest BCUT2D eigenvalue weighted by Crippen LogP contribution is 2.22. The summed E-state index contributed by atoms with van der Waals surface area (Å²) in [6.45, 7) is 0.739. The first kappa shape index (κ1) is 18.6. The number of carbonyl (C=O) groups excluding carboxylic acids is 1. The van der Waals surface area contributed by atoms with Crippen LogP contribution in [0.1, 0.15) is 0 Å². The minimum Gasteiger partial charge on any atom is -0.492 e. The fraction of sp³-hybridized carbons (Fsp3) is 0.0952. The summed E-state index contributed by atoms with van der Waals surface area (Å²) in [6, 6.07) is 23.4. The van der Waals surface area contributed by atoms with Crippen molar-refractivity contribution in [2.75, 3.05) is 18.5 Å². The highest BCUT2D eigenvalue weighted by molar-refractivity contribution is 6.30. The normalized spacial score (nSPS) is 10.1. The Kier molecular flexibility index (Phi) is 6.55. The van der Waals surface area contributed by atoms with Gasteiger partial charge >= 0.3 is 6.03 Å². The molecule has 0 radical (unpaired) electrons. The second kappa shape index (κ2) is 9.50. The van der Waals surface area contributed by atoms with E-state index in [0.717, 1.165) is 5.75 Å². The van der Waals surface area contributed by atoms with Crippen LogP contribution in [0.5, 0.6) is 17.2 Å². The first-order valence-electron chi connectivity index (χ1n) is 8.45. The molecule has 3 aromatic rings. The lowest BCUT2D eigenvalue weighted by molar-refractivity contribution is 0.247. The molecule has 2 N–H and O–H groups in total. The van der Waals surface area contributed by atoms with Crippen molar-refractivity contribution < 1.29 is 14.3 Å². The number of para-hydroxylation sites is 1. The Morgan fingerprint density at radius 3 is 2.15 bits per heavy atom. The molecule has 0 aliphatic rings. The Morgan fingerprint density at radius 2 is 1.44 bits per heavy atom. The molecule has 0 saturated heterocycles. The fourth-order valence-corrected chi connectivity index (χ4v) is 2.40. The van der Waals surface area contributed by atoms with Gasteiger partial charge in [-0.1, -0.05) is 29.8 Å². The van der Waals surface area contributed by atoms with Crippen LogP contribution in [-0.4, -0.2) is 19.2 Å². The van der Waals surface area contributed by atoms with Crippen molar-refractivity contribution in [2.45, 2.75) is 0 Å². The summed E-state index contributed by atoms with van der Waals surface area (Å²) in [5.74, 6) is 2.16. The van der Waals surface area contributed by atoms with Crippen molar-refractivity contribution in [1.29, 1.82) is 0 Å². The predicted octanol–water partition coefficient (Wildman–Crippen LogP) is 5.33. The van der Waals surface area contributed by atoms with E-state index in [9.17, 15) is 4.79 Å². The zero-order chi connectivity index (χ0) is 18.9. The molecule has 0 unspecified atom stereocenters. The van der Waals surface area contributed by atoms with Crippen LogP contribution in [0.15, 0.2) is 78.9 Å². The zero-order valence-electron chi connectivity index (χ0n) is 14.5. The van der Waals surface area contributed by atoms with Crippen LogP contribution in [-0.2, 0) is 0 Å². The number of carbonyl (C=O) groups is 1. The maximum Gasteiger partial charge on any atom is 0.319 e. The molecular weight excluding hydrogens is 364 g/mol. The molecule has 3 aromatic carbocycles. The first-order chi connectivity index (χ1) is 13.2. The molecule has 0 spiro atoms. The number of amides is 2. The average molecular weight is 383 g/mol. The van der Waals surface area contributed by atoms with E-state index in [1.807, 2.05) is 30.3 Å². The van der Waals surface area contributed by atoms with Gasteiger partial charge in [0.25, 0.3) is 0 Å². The maximum atomic E-state index is 11.9. The van der Waals surface area contributed by atoms with E-state index in [0.29, 0.717) is 35.4 Å². The monoisotopic (exact) mass is 382 g/mol. The van der Waals surface area contributed by atoms with Crippen molar-refractivity contribution in [1.82, 2.24) is 5.32 Å². The predicted molar refractivity (Wildman–Crippen MR) is 107 cm³/mol. The Hall–Kier alpha value is -3.18. The van der Waals surface area contributed by atoms with E-state index in [-0.39, 0.29) is 6.03 Å². The van der Waals surface area contributed by atoms with Crippen LogP contribution >= 0.6 is 11.6 Å². The van der Waals surface area contributed by atoms with Gasteiger partial charge in [0.2, 0.25) is 0 Å². The summed E-state index contributed by atoms with van der Waals surface area (Å²) in [5, 5.41) is 6.15. The molecule has 0 heterocycles. The minimum atomic E-state index is -0.300. The van der Waals surface area contributed by atoms with Gasteiger partial charge in [0, 0.05) is 10.7 Å². The van der Waals surface area contributed by atoms with Crippen LogP contribution in [0.2, 0.25) is 5.02 Å². The molecule has 5 nitrogen and oxygen atoms in total. The van der Waals surface area contributed by atoms with Gasteiger partial charge in [-0.15, -0.1) is 0 Å². The van der Waals surface area contributed by atoms with E-state index < -0.39 is 0 Å². The van der Waals surface area contributed by atoms with Gasteiger partial charge in [-0.05, 0) is 60.7 Å². The molecule has 0 aliphatic heterocycles. The molecule has 0 bridgehead atoms. The third-order valence-electron chi connectivity index (χ3n) is 3.56. The van der Waals surface area contributed by atoms with E-state index in [4.69, 9.17) is 21.1 Å². The van der Waals surface area contributed by atoms with Crippen LogP contribution in [0.4, 0.5) is 10.5 Å². The lowest BCUT2D eigenvalue weighted by Crippen LogP contribution is -2.32. The minimum absolute atomic E-state index is 0.300. The number of hydrogen-bond donors (Lipinski definition) is 2. The van der Waals surface area contributed by atoms with E-state index in [2.05, 4.69) is 10.6 Å². The van der Waals surface area contributed by atoms with Crippen LogP contribution in [0.3, 0.4) is 0 Å². The van der Waals surface area contributed by atoms with Crippen molar-refractivity contribution in [2.24, 2.45) is 0 Å². The molecule has 138 valence electrons. The number of anilines is 1. The molecule has 0 aliphatic carbocycles. The summed E-state index contributed by atoms with van der Waals surface area (Å²) in [5.41, 5.74) is 0.673. The van der Waals surface area contributed by atoms with Gasteiger partial charge in [-0.2, -0.15) is 0 Å². The lowest BCUT2D eigenvalue weighted by atomic mass is 10.3. The Morgan fingerprint density at radius 1 is 0.815 bits per heavy atom. The van der Waals surface area contributed by atoms with Gasteiger partial charge in [0.05, 0.1) is 6.54 Å². The highest BCUT2D eigenvalue weighted by Gasteiger charge is 2.03. The van der Waals surface area contributed by atoms with E-state index >= 15 is 0 Å². The number of nitrogens with one attached hydrogen (secondary N) is 2. The quantitative estimate of drug-likeness (QED) is 0.543. The number of halogens is 1. The van der Waals surface area contributed by atoms with Gasteiger partial charge in [-0.25, -0.2) is 4.79 Å². The van der Waals surface area contributed by atoms with E-state index in [1.165, 1.54) is 0 Å². The third-order valence-corrected chi connectivity index (χ3v) is 3.81. The molecule has 2 amide bonds. The van der Waals surface area contributed by atoms with Crippen molar-refractivity contribution >= 4 is 23.3 Å². The first-order valence-corrected chi connectivity index (χ1v) is 8.83. The van der Waals surface area contributed by atoms with Crippen molar-refractivity contribution in [3.05, 3.63) is 83.9 Å². The molecule has 0 atom stereocenters. The average Bonchev–Trinajstić information content (AvgIpc) is 2.69. The highest BCUT2D eigenvalue weighted by atomic mass is 35.5. The molecule has 3 rings (SSSR count). The SMILES string of the molecule is O=C(NCCOc1ccc(Cl)cc1)Nc1ccc(Oc2ccccc2)cc1. The summed E-state index contributed by atoms with van der Waals surface area (Å²) in [7, 11) is 0. The Bertz CT molecular complexity index is 853. The summed E-state index contributed by atoms with van der Waals surface area (Å²) in [6.07, 6.45) is 0. The summed E-state index contributed by atoms with van der Waals surface area (Å²) < 4.78 is 11.2. The fourth-order valence-electron chi connectivity index (χ4n) is 2.27. The topological polar surface area (TPSA) is 59.6 Å². The molecule has 0 aromatic heterocycles. The molecular formula is C21H19ClN2O3. The summed E-state index contributed by atoms with van der Waals surface area (Å²) in [4.78, 5) is 11.9. The number of rotatable bonds is 7. The molecule has 6 heteroatoms. The second-order valence-corrected chi connectivity index (χ2v) is 6.06. The van der Waals surface area contributed by atoms with Crippen molar-refractivity contribution in [3.63, 3.8) is 0 Å². The number of urea groups is 1.